The average molecular weight is 227 g/mol. The van der Waals surface area contributed by atoms with Gasteiger partial charge in [0.2, 0.25) is 0 Å². The van der Waals surface area contributed by atoms with Gasteiger partial charge >= 0.3 is 6.05 Å². The maximum absolute atomic E-state index is 14.2. The van der Waals surface area contributed by atoms with Crippen molar-refractivity contribution in [1.82, 2.24) is 4.90 Å². The van der Waals surface area contributed by atoms with Crippen LogP contribution in [0.25, 0.3) is 0 Å². The maximum atomic E-state index is 14.2. The lowest BCUT2D eigenvalue weighted by Crippen LogP contribution is -2.48. The van der Waals surface area contributed by atoms with Crippen molar-refractivity contribution >= 4 is 0 Å². The first kappa shape index (κ1) is 13.1. The van der Waals surface area contributed by atoms with E-state index < -0.39 is 6.05 Å². The maximum Gasteiger partial charge on any atom is 0.332 e. The SMILES string of the molecule is CC(C)N(C(C)C)C(F)(F)c1ccccc1. The second-order valence-electron chi connectivity index (χ2n) is 4.50. The molecule has 0 bridgehead atoms. The van der Waals surface area contributed by atoms with Gasteiger partial charge in [0.15, 0.2) is 0 Å². The zero-order valence-corrected chi connectivity index (χ0v) is 10.2. The quantitative estimate of drug-likeness (QED) is 0.706. The van der Waals surface area contributed by atoms with Gasteiger partial charge in [-0.05, 0) is 27.7 Å². The highest BCUT2D eigenvalue weighted by atomic mass is 19.3. The van der Waals surface area contributed by atoms with E-state index in [1.54, 1.807) is 45.9 Å². The first-order chi connectivity index (χ1) is 7.37. The van der Waals surface area contributed by atoms with Gasteiger partial charge in [0.1, 0.15) is 0 Å². The summed E-state index contributed by atoms with van der Waals surface area (Å²) in [5.41, 5.74) is 0.0531. The molecule has 0 atom stereocenters. The van der Waals surface area contributed by atoms with Crippen LogP contribution in [0.1, 0.15) is 33.3 Å². The van der Waals surface area contributed by atoms with Crippen LogP contribution in [0.5, 0.6) is 0 Å². The Morgan fingerprint density at radius 3 is 1.75 bits per heavy atom. The zero-order chi connectivity index (χ0) is 12.3. The van der Waals surface area contributed by atoms with Crippen LogP contribution in [0.4, 0.5) is 8.78 Å². The van der Waals surface area contributed by atoms with Crippen LogP contribution < -0.4 is 0 Å². The fraction of sp³-hybridized carbons (Fsp3) is 0.538. The monoisotopic (exact) mass is 227 g/mol. The minimum atomic E-state index is -2.91. The van der Waals surface area contributed by atoms with Crippen molar-refractivity contribution in [3.05, 3.63) is 35.9 Å². The summed E-state index contributed by atoms with van der Waals surface area (Å²) in [4.78, 5) is 1.22. The van der Waals surface area contributed by atoms with Gasteiger partial charge < -0.3 is 0 Å². The molecular weight excluding hydrogens is 208 g/mol. The summed E-state index contributed by atoms with van der Waals surface area (Å²) < 4.78 is 28.5. The van der Waals surface area contributed by atoms with Crippen molar-refractivity contribution in [2.24, 2.45) is 0 Å². The predicted octanol–water partition coefficient (Wildman–Crippen LogP) is 3.85. The van der Waals surface area contributed by atoms with Crippen LogP contribution in [-0.4, -0.2) is 17.0 Å². The lowest BCUT2D eigenvalue weighted by atomic mass is 10.1. The molecule has 1 nitrogen and oxygen atoms in total. The minimum Gasteiger partial charge on any atom is -0.236 e. The van der Waals surface area contributed by atoms with Crippen LogP contribution in [-0.2, 0) is 6.05 Å². The molecule has 0 aliphatic rings. The van der Waals surface area contributed by atoms with E-state index >= 15 is 0 Å². The number of benzene rings is 1. The molecule has 0 aliphatic heterocycles. The number of hydrogen-bond acceptors (Lipinski definition) is 1. The Morgan fingerprint density at radius 2 is 1.38 bits per heavy atom. The normalized spacial score (nSPS) is 12.8. The van der Waals surface area contributed by atoms with Crippen molar-refractivity contribution in [3.8, 4) is 0 Å². The summed E-state index contributed by atoms with van der Waals surface area (Å²) in [6.07, 6.45) is 0. The van der Waals surface area contributed by atoms with Gasteiger partial charge in [-0.2, -0.15) is 8.78 Å². The molecule has 0 fully saturated rings. The van der Waals surface area contributed by atoms with Crippen molar-refractivity contribution < 1.29 is 8.78 Å². The molecule has 0 aliphatic carbocycles. The van der Waals surface area contributed by atoms with E-state index in [2.05, 4.69) is 0 Å². The number of nitrogens with zero attached hydrogens (tertiary/aromatic N) is 1. The Hall–Kier alpha value is -0.960. The Kier molecular flexibility index (Phi) is 4.03. The fourth-order valence-electron chi connectivity index (χ4n) is 2.03. The van der Waals surface area contributed by atoms with Gasteiger partial charge in [-0.25, -0.2) is 4.90 Å². The molecule has 1 aromatic rings. The molecule has 0 spiro atoms. The molecule has 0 unspecified atom stereocenters. The minimum absolute atomic E-state index is 0.0531. The molecule has 0 aromatic heterocycles. The van der Waals surface area contributed by atoms with Crippen molar-refractivity contribution in [2.45, 2.75) is 45.8 Å². The number of rotatable bonds is 4. The third-order valence-electron chi connectivity index (χ3n) is 2.56. The Balaban J connectivity index is 3.08. The van der Waals surface area contributed by atoms with Gasteiger partial charge in [-0.3, -0.25) is 0 Å². The van der Waals surface area contributed by atoms with E-state index in [1.807, 2.05) is 0 Å². The molecule has 3 heteroatoms. The topological polar surface area (TPSA) is 3.24 Å². The summed E-state index contributed by atoms with van der Waals surface area (Å²) in [6, 6.07) is 4.66. The predicted molar refractivity (Wildman–Crippen MR) is 62.4 cm³/mol. The highest BCUT2D eigenvalue weighted by Crippen LogP contribution is 2.35. The number of halogens is 2. The van der Waals surface area contributed by atoms with Crippen LogP contribution in [0.3, 0.4) is 0 Å². The largest absolute Gasteiger partial charge is 0.332 e. The van der Waals surface area contributed by atoms with Crippen molar-refractivity contribution in [1.29, 1.82) is 0 Å². The van der Waals surface area contributed by atoms with E-state index in [-0.39, 0.29) is 17.6 Å². The van der Waals surface area contributed by atoms with Crippen LogP contribution in [0.2, 0.25) is 0 Å². The van der Waals surface area contributed by atoms with Gasteiger partial charge in [-0.1, -0.05) is 30.3 Å². The van der Waals surface area contributed by atoms with Crippen molar-refractivity contribution in [2.75, 3.05) is 0 Å². The lowest BCUT2D eigenvalue weighted by Gasteiger charge is -2.37. The van der Waals surface area contributed by atoms with Gasteiger partial charge in [0.05, 0.1) is 0 Å². The van der Waals surface area contributed by atoms with Gasteiger partial charge in [-0.15, -0.1) is 0 Å². The molecule has 0 N–H and O–H groups in total. The van der Waals surface area contributed by atoms with E-state index in [0.717, 1.165) is 0 Å². The van der Waals surface area contributed by atoms with Crippen LogP contribution >= 0.6 is 0 Å². The first-order valence-corrected chi connectivity index (χ1v) is 5.59. The number of hydrogen-bond donors (Lipinski definition) is 0. The lowest BCUT2D eigenvalue weighted by molar-refractivity contribution is -0.182. The summed E-state index contributed by atoms with van der Waals surface area (Å²) in [7, 11) is 0. The number of alkyl halides is 2. The molecule has 0 amide bonds. The molecule has 16 heavy (non-hydrogen) atoms. The Labute approximate surface area is 96.1 Å². The summed E-state index contributed by atoms with van der Waals surface area (Å²) in [5, 5.41) is 0. The smallest absolute Gasteiger partial charge is 0.236 e. The second-order valence-corrected chi connectivity index (χ2v) is 4.50. The molecule has 0 radical (unpaired) electrons. The van der Waals surface area contributed by atoms with E-state index in [1.165, 1.54) is 17.0 Å². The highest BCUT2D eigenvalue weighted by molar-refractivity contribution is 5.19. The van der Waals surface area contributed by atoms with Crippen LogP contribution in [0.15, 0.2) is 30.3 Å². The van der Waals surface area contributed by atoms with Gasteiger partial charge in [0.25, 0.3) is 0 Å². The summed E-state index contributed by atoms with van der Waals surface area (Å²) in [5.74, 6) is 0. The van der Waals surface area contributed by atoms with E-state index in [0.29, 0.717) is 0 Å². The molecule has 0 saturated carbocycles. The van der Waals surface area contributed by atoms with Crippen LogP contribution in [0, 0.1) is 0 Å². The molecular formula is C13H19F2N. The van der Waals surface area contributed by atoms with Gasteiger partial charge in [0, 0.05) is 17.6 Å². The second kappa shape index (κ2) is 4.91. The molecule has 90 valence electrons. The highest BCUT2D eigenvalue weighted by Gasteiger charge is 2.41. The Bertz CT molecular complexity index is 312. The third kappa shape index (κ3) is 2.59. The zero-order valence-electron chi connectivity index (χ0n) is 10.2. The average Bonchev–Trinajstić information content (AvgIpc) is 2.17. The molecule has 0 heterocycles. The molecule has 1 aromatic carbocycles. The van der Waals surface area contributed by atoms with Crippen molar-refractivity contribution in [3.63, 3.8) is 0 Å². The summed E-state index contributed by atoms with van der Waals surface area (Å²) in [6.45, 7) is 7.15. The van der Waals surface area contributed by atoms with E-state index in [4.69, 9.17) is 0 Å². The fourth-order valence-corrected chi connectivity index (χ4v) is 2.03. The first-order valence-electron chi connectivity index (χ1n) is 5.59. The third-order valence-corrected chi connectivity index (χ3v) is 2.56. The Morgan fingerprint density at radius 1 is 0.938 bits per heavy atom. The van der Waals surface area contributed by atoms with E-state index in [9.17, 15) is 8.78 Å². The molecule has 1 rings (SSSR count). The standard InChI is InChI=1S/C13H19F2N/c1-10(2)16(11(3)4)13(14,15)12-8-6-5-7-9-12/h5-11H,1-4H3. The summed E-state index contributed by atoms with van der Waals surface area (Å²) >= 11 is 0. The molecule has 0 saturated heterocycles.